The highest BCUT2D eigenvalue weighted by Crippen LogP contribution is 2.21. The molecule has 0 spiro atoms. The van der Waals surface area contributed by atoms with E-state index in [4.69, 9.17) is 0 Å². The molecule has 0 radical (unpaired) electrons. The Morgan fingerprint density at radius 1 is 1.50 bits per heavy atom. The predicted molar refractivity (Wildman–Crippen MR) is 70.2 cm³/mol. The molecule has 1 fully saturated rings. The molecule has 1 aromatic rings. The van der Waals surface area contributed by atoms with Crippen molar-refractivity contribution in [3.8, 4) is 0 Å². The van der Waals surface area contributed by atoms with E-state index < -0.39 is 0 Å². The Morgan fingerprint density at radius 3 is 2.81 bits per heavy atom. The smallest absolute Gasteiger partial charge is 0.183 e. The first-order chi connectivity index (χ1) is 7.78. The summed E-state index contributed by atoms with van der Waals surface area (Å²) in [5.41, 5.74) is 0. The molecule has 0 saturated carbocycles. The number of nitrogens with zero attached hydrogens (tertiary/aromatic N) is 2. The Bertz CT molecular complexity index is 316. The van der Waals surface area contributed by atoms with Gasteiger partial charge in [-0.1, -0.05) is 6.92 Å². The molecular weight excluding hydrogens is 218 g/mol. The van der Waals surface area contributed by atoms with Gasteiger partial charge in [-0.25, -0.2) is 4.98 Å². The lowest BCUT2D eigenvalue weighted by Crippen LogP contribution is -2.39. The van der Waals surface area contributed by atoms with E-state index in [9.17, 15) is 0 Å². The van der Waals surface area contributed by atoms with Gasteiger partial charge in [-0.15, -0.1) is 11.3 Å². The summed E-state index contributed by atoms with van der Waals surface area (Å²) in [6.07, 6.45) is 5.71. The first-order valence-electron chi connectivity index (χ1n) is 6.19. The average Bonchev–Trinajstić information content (AvgIpc) is 2.67. The van der Waals surface area contributed by atoms with Crippen molar-refractivity contribution in [2.24, 2.45) is 0 Å². The van der Waals surface area contributed by atoms with Crippen molar-refractivity contribution in [1.29, 1.82) is 0 Å². The van der Waals surface area contributed by atoms with E-state index in [0.717, 1.165) is 5.13 Å². The Hall–Kier alpha value is -0.610. The zero-order chi connectivity index (χ0) is 11.4. The van der Waals surface area contributed by atoms with Gasteiger partial charge >= 0.3 is 0 Å². The summed E-state index contributed by atoms with van der Waals surface area (Å²) in [5, 5.41) is 4.63. The van der Waals surface area contributed by atoms with Gasteiger partial charge in [-0.3, -0.25) is 0 Å². The van der Waals surface area contributed by atoms with Crippen molar-refractivity contribution in [1.82, 2.24) is 9.88 Å². The van der Waals surface area contributed by atoms with Crippen molar-refractivity contribution in [3.63, 3.8) is 0 Å². The third kappa shape index (κ3) is 3.19. The average molecular weight is 239 g/mol. The minimum Gasteiger partial charge on any atom is -0.359 e. The van der Waals surface area contributed by atoms with Crippen LogP contribution in [0.25, 0.3) is 0 Å². The van der Waals surface area contributed by atoms with E-state index in [1.165, 1.54) is 43.8 Å². The maximum Gasteiger partial charge on any atom is 0.183 e. The zero-order valence-electron chi connectivity index (χ0n) is 10.2. The first kappa shape index (κ1) is 11.9. The molecule has 1 aromatic heterocycles. The number of hydrogen-bond donors (Lipinski definition) is 1. The van der Waals surface area contributed by atoms with Crippen LogP contribution >= 0.6 is 11.3 Å². The van der Waals surface area contributed by atoms with Gasteiger partial charge in [-0.2, -0.15) is 0 Å². The number of hydrogen-bond acceptors (Lipinski definition) is 4. The largest absolute Gasteiger partial charge is 0.359 e. The Balaban J connectivity index is 1.77. The molecule has 16 heavy (non-hydrogen) atoms. The first-order valence-corrected chi connectivity index (χ1v) is 7.01. The second-order valence-electron chi connectivity index (χ2n) is 4.54. The summed E-state index contributed by atoms with van der Waals surface area (Å²) in [6, 6.07) is 0.624. The van der Waals surface area contributed by atoms with Gasteiger partial charge in [0.1, 0.15) is 0 Å². The summed E-state index contributed by atoms with van der Waals surface area (Å²) in [4.78, 5) is 8.20. The van der Waals surface area contributed by atoms with Crippen molar-refractivity contribution in [2.75, 3.05) is 25.0 Å². The fourth-order valence-corrected chi connectivity index (χ4v) is 2.95. The van der Waals surface area contributed by atoms with Crippen LogP contribution in [0.4, 0.5) is 5.13 Å². The van der Waals surface area contributed by atoms with E-state index in [-0.39, 0.29) is 0 Å². The number of aromatic nitrogens is 1. The van der Waals surface area contributed by atoms with Crippen LogP contribution in [-0.2, 0) is 0 Å². The van der Waals surface area contributed by atoms with Gasteiger partial charge < -0.3 is 10.2 Å². The molecule has 0 unspecified atom stereocenters. The highest BCUT2D eigenvalue weighted by Gasteiger charge is 2.18. The molecule has 1 aliphatic heterocycles. The molecule has 1 N–H and O–H groups in total. The lowest BCUT2D eigenvalue weighted by Gasteiger charge is -2.31. The number of piperidine rings is 1. The number of rotatable bonds is 4. The topological polar surface area (TPSA) is 28.2 Å². The molecule has 3 nitrogen and oxygen atoms in total. The van der Waals surface area contributed by atoms with Gasteiger partial charge in [0.05, 0.1) is 0 Å². The second kappa shape index (κ2) is 5.64. The number of likely N-dealkylation sites (tertiary alicyclic amines) is 1. The minimum absolute atomic E-state index is 0.624. The van der Waals surface area contributed by atoms with Gasteiger partial charge in [0, 0.05) is 30.2 Å². The third-order valence-electron chi connectivity index (χ3n) is 3.08. The SMILES string of the molecule is CCCN1CCC(Nc2ncc(C)s2)CC1. The van der Waals surface area contributed by atoms with Crippen LogP contribution in [0.3, 0.4) is 0 Å². The van der Waals surface area contributed by atoms with Gasteiger partial charge in [-0.05, 0) is 32.7 Å². The Morgan fingerprint density at radius 2 is 2.25 bits per heavy atom. The van der Waals surface area contributed by atoms with E-state index >= 15 is 0 Å². The molecule has 0 bridgehead atoms. The molecule has 1 saturated heterocycles. The van der Waals surface area contributed by atoms with Crippen LogP contribution in [-0.4, -0.2) is 35.6 Å². The molecule has 90 valence electrons. The van der Waals surface area contributed by atoms with Gasteiger partial charge in [0.25, 0.3) is 0 Å². The standard InChI is InChI=1S/C12H21N3S/c1-3-6-15-7-4-11(5-8-15)14-12-13-9-10(2)16-12/h9,11H,3-8H2,1-2H3,(H,13,14). The van der Waals surface area contributed by atoms with E-state index in [2.05, 4.69) is 29.0 Å². The van der Waals surface area contributed by atoms with E-state index in [0.29, 0.717) is 6.04 Å². The molecule has 1 aliphatic rings. The van der Waals surface area contributed by atoms with Crippen molar-refractivity contribution >= 4 is 16.5 Å². The molecule has 0 aliphatic carbocycles. The van der Waals surface area contributed by atoms with Gasteiger partial charge in [0.15, 0.2) is 5.13 Å². The normalized spacial score (nSPS) is 18.9. The summed E-state index contributed by atoms with van der Waals surface area (Å²) in [7, 11) is 0. The maximum absolute atomic E-state index is 4.36. The third-order valence-corrected chi connectivity index (χ3v) is 3.92. The molecule has 0 amide bonds. The monoisotopic (exact) mass is 239 g/mol. The fraction of sp³-hybridized carbons (Fsp3) is 0.750. The quantitative estimate of drug-likeness (QED) is 0.875. The zero-order valence-corrected chi connectivity index (χ0v) is 11.0. The maximum atomic E-state index is 4.36. The van der Waals surface area contributed by atoms with Crippen LogP contribution in [0, 0.1) is 6.92 Å². The van der Waals surface area contributed by atoms with Crippen molar-refractivity contribution in [2.45, 2.75) is 39.2 Å². The summed E-state index contributed by atoms with van der Waals surface area (Å²) in [5.74, 6) is 0. The molecule has 2 heterocycles. The highest BCUT2D eigenvalue weighted by atomic mass is 32.1. The summed E-state index contributed by atoms with van der Waals surface area (Å²) in [6.45, 7) is 8.07. The fourth-order valence-electron chi connectivity index (χ4n) is 2.21. The van der Waals surface area contributed by atoms with Crippen LogP contribution in [0.1, 0.15) is 31.1 Å². The lowest BCUT2D eigenvalue weighted by atomic mass is 10.1. The van der Waals surface area contributed by atoms with E-state index in [1.807, 2.05) is 6.20 Å². The predicted octanol–water partition coefficient (Wildman–Crippen LogP) is 2.74. The molecule has 2 rings (SSSR count). The Labute approximate surface area is 102 Å². The molecule has 0 atom stereocenters. The molecular formula is C12H21N3S. The highest BCUT2D eigenvalue weighted by molar-refractivity contribution is 7.15. The number of thiazole rings is 1. The number of nitrogens with one attached hydrogen (secondary N) is 1. The van der Waals surface area contributed by atoms with Crippen LogP contribution in [0.15, 0.2) is 6.20 Å². The molecule has 4 heteroatoms. The number of aryl methyl sites for hydroxylation is 1. The van der Waals surface area contributed by atoms with Crippen LogP contribution in [0.2, 0.25) is 0 Å². The lowest BCUT2D eigenvalue weighted by molar-refractivity contribution is 0.219. The van der Waals surface area contributed by atoms with Crippen LogP contribution < -0.4 is 5.32 Å². The Kier molecular flexibility index (Phi) is 4.18. The van der Waals surface area contributed by atoms with Crippen molar-refractivity contribution < 1.29 is 0 Å². The van der Waals surface area contributed by atoms with Crippen molar-refractivity contribution in [3.05, 3.63) is 11.1 Å². The molecule has 0 aromatic carbocycles. The number of anilines is 1. The summed E-state index contributed by atoms with van der Waals surface area (Å²) < 4.78 is 0. The second-order valence-corrected chi connectivity index (χ2v) is 5.77. The van der Waals surface area contributed by atoms with Crippen LogP contribution in [0.5, 0.6) is 0 Å². The minimum atomic E-state index is 0.624. The van der Waals surface area contributed by atoms with E-state index in [1.54, 1.807) is 11.3 Å². The summed E-state index contributed by atoms with van der Waals surface area (Å²) >= 11 is 1.76. The van der Waals surface area contributed by atoms with Gasteiger partial charge in [0.2, 0.25) is 0 Å².